The van der Waals surface area contributed by atoms with Gasteiger partial charge in [0.15, 0.2) is 0 Å². The van der Waals surface area contributed by atoms with Gasteiger partial charge in [-0.25, -0.2) is 4.39 Å². The smallest absolute Gasteiger partial charge is 0.137 e. The van der Waals surface area contributed by atoms with Crippen LogP contribution in [0.5, 0.6) is 0 Å². The van der Waals surface area contributed by atoms with Crippen LogP contribution in [0, 0.1) is 12.7 Å². The van der Waals surface area contributed by atoms with Crippen molar-refractivity contribution in [2.45, 2.75) is 45.1 Å². The predicted molar refractivity (Wildman–Crippen MR) is 68.1 cm³/mol. The van der Waals surface area contributed by atoms with Gasteiger partial charge in [0.1, 0.15) is 11.6 Å². The Kier molecular flexibility index (Phi) is 4.48. The third-order valence-corrected chi connectivity index (χ3v) is 3.46. The van der Waals surface area contributed by atoms with E-state index in [2.05, 4.69) is 0 Å². The molecule has 1 aromatic carbocycles. The highest BCUT2D eigenvalue weighted by Gasteiger charge is 2.17. The van der Waals surface area contributed by atoms with Crippen LogP contribution in [-0.2, 0) is 16.0 Å². The monoisotopic (exact) mass is 250 g/mol. The predicted octanol–water partition coefficient (Wildman–Crippen LogP) is 3.20. The van der Waals surface area contributed by atoms with Crippen LogP contribution in [0.1, 0.15) is 36.8 Å². The molecule has 0 radical (unpaired) electrons. The number of benzene rings is 1. The average molecular weight is 250 g/mol. The van der Waals surface area contributed by atoms with E-state index >= 15 is 0 Å². The molecule has 0 amide bonds. The van der Waals surface area contributed by atoms with Crippen LogP contribution >= 0.6 is 0 Å². The van der Waals surface area contributed by atoms with Gasteiger partial charge in [0.05, 0.1) is 6.10 Å². The molecule has 2 rings (SSSR count). The number of rotatable bonds is 5. The lowest BCUT2D eigenvalue weighted by molar-refractivity contribution is -0.119. The molecule has 1 heterocycles. The zero-order valence-electron chi connectivity index (χ0n) is 10.7. The topological polar surface area (TPSA) is 26.3 Å². The molecule has 1 unspecified atom stereocenters. The van der Waals surface area contributed by atoms with Gasteiger partial charge in [-0.3, -0.25) is 4.79 Å². The molecule has 0 aliphatic carbocycles. The van der Waals surface area contributed by atoms with Crippen molar-refractivity contribution in [2.24, 2.45) is 0 Å². The molecule has 98 valence electrons. The molecular formula is C15H19FO2. The molecule has 0 spiro atoms. The number of aryl methyl sites for hydroxylation is 1. The molecule has 2 nitrogen and oxygen atoms in total. The van der Waals surface area contributed by atoms with E-state index in [-0.39, 0.29) is 17.7 Å². The van der Waals surface area contributed by atoms with Crippen LogP contribution < -0.4 is 0 Å². The lowest BCUT2D eigenvalue weighted by atomic mass is 10.00. The second-order valence-corrected chi connectivity index (χ2v) is 4.96. The first-order valence-corrected chi connectivity index (χ1v) is 6.53. The van der Waals surface area contributed by atoms with Crippen molar-refractivity contribution in [1.29, 1.82) is 0 Å². The third-order valence-electron chi connectivity index (χ3n) is 3.46. The molecule has 1 atom stereocenters. The third kappa shape index (κ3) is 3.64. The molecular weight excluding hydrogens is 231 g/mol. The van der Waals surface area contributed by atoms with Crippen LogP contribution in [0.15, 0.2) is 18.2 Å². The Morgan fingerprint density at radius 3 is 3.00 bits per heavy atom. The van der Waals surface area contributed by atoms with E-state index in [1.807, 2.05) is 6.92 Å². The van der Waals surface area contributed by atoms with Crippen molar-refractivity contribution in [2.75, 3.05) is 6.61 Å². The maximum Gasteiger partial charge on any atom is 0.137 e. The van der Waals surface area contributed by atoms with E-state index in [9.17, 15) is 9.18 Å². The summed E-state index contributed by atoms with van der Waals surface area (Å²) in [4.78, 5) is 11.9. The molecule has 1 aromatic rings. The van der Waals surface area contributed by atoms with Gasteiger partial charge in [-0.1, -0.05) is 6.07 Å². The summed E-state index contributed by atoms with van der Waals surface area (Å²) in [6.45, 7) is 2.67. The van der Waals surface area contributed by atoms with E-state index in [4.69, 9.17) is 4.74 Å². The highest BCUT2D eigenvalue weighted by molar-refractivity contribution is 5.81. The maximum absolute atomic E-state index is 12.9. The van der Waals surface area contributed by atoms with Gasteiger partial charge >= 0.3 is 0 Å². The zero-order valence-corrected chi connectivity index (χ0v) is 10.7. The first kappa shape index (κ1) is 13.2. The Hall–Kier alpha value is -1.22. The van der Waals surface area contributed by atoms with Crippen molar-refractivity contribution < 1.29 is 13.9 Å². The van der Waals surface area contributed by atoms with Crippen LogP contribution in [-0.4, -0.2) is 18.5 Å². The average Bonchev–Trinajstić information content (AvgIpc) is 2.83. The van der Waals surface area contributed by atoms with E-state index in [0.29, 0.717) is 12.8 Å². The maximum atomic E-state index is 12.9. The summed E-state index contributed by atoms with van der Waals surface area (Å²) in [5.74, 6) is -0.0386. The van der Waals surface area contributed by atoms with Crippen molar-refractivity contribution in [3.8, 4) is 0 Å². The molecule has 18 heavy (non-hydrogen) atoms. The largest absolute Gasteiger partial charge is 0.378 e. The summed E-state index contributed by atoms with van der Waals surface area (Å²) in [5.41, 5.74) is 1.77. The van der Waals surface area contributed by atoms with Crippen LogP contribution in [0.3, 0.4) is 0 Å². The summed E-state index contributed by atoms with van der Waals surface area (Å²) in [5, 5.41) is 0. The fraction of sp³-hybridized carbons (Fsp3) is 0.533. The second kappa shape index (κ2) is 6.10. The number of carbonyl (C=O) groups excluding carboxylic acids is 1. The lowest BCUT2D eigenvalue weighted by Crippen LogP contribution is -2.10. The SMILES string of the molecule is Cc1cc(F)ccc1CC(=O)CCC1CCCO1. The summed E-state index contributed by atoms with van der Waals surface area (Å²) >= 11 is 0. The van der Waals surface area contributed by atoms with Crippen molar-refractivity contribution in [3.05, 3.63) is 35.1 Å². The standard InChI is InChI=1S/C15H19FO2/c1-11-9-13(16)5-4-12(11)10-14(17)6-7-15-3-2-8-18-15/h4-5,9,15H,2-3,6-8,10H2,1H3. The van der Waals surface area contributed by atoms with Crippen LogP contribution in [0.2, 0.25) is 0 Å². The molecule has 0 aromatic heterocycles. The zero-order chi connectivity index (χ0) is 13.0. The Morgan fingerprint density at radius 2 is 2.33 bits per heavy atom. The van der Waals surface area contributed by atoms with Crippen LogP contribution in [0.4, 0.5) is 4.39 Å². The molecule has 3 heteroatoms. The first-order chi connectivity index (χ1) is 8.65. The Morgan fingerprint density at radius 1 is 1.50 bits per heavy atom. The molecule has 0 N–H and O–H groups in total. The molecule has 0 bridgehead atoms. The number of hydrogen-bond acceptors (Lipinski definition) is 2. The first-order valence-electron chi connectivity index (χ1n) is 6.53. The highest BCUT2D eigenvalue weighted by atomic mass is 19.1. The highest BCUT2D eigenvalue weighted by Crippen LogP contribution is 2.18. The molecule has 1 fully saturated rings. The number of Topliss-reactive ketones (excluding diaryl/α,β-unsaturated/α-hetero) is 1. The van der Waals surface area contributed by atoms with E-state index in [1.165, 1.54) is 12.1 Å². The quantitative estimate of drug-likeness (QED) is 0.802. The second-order valence-electron chi connectivity index (χ2n) is 4.96. The van der Waals surface area contributed by atoms with E-state index in [1.54, 1.807) is 6.07 Å². The van der Waals surface area contributed by atoms with Gasteiger partial charge in [-0.15, -0.1) is 0 Å². The van der Waals surface area contributed by atoms with E-state index in [0.717, 1.165) is 37.0 Å². The van der Waals surface area contributed by atoms with Gasteiger partial charge in [0.2, 0.25) is 0 Å². The number of halogens is 1. The Bertz CT molecular complexity index is 423. The Labute approximate surface area is 107 Å². The normalized spacial score (nSPS) is 19.1. The van der Waals surface area contributed by atoms with Crippen LogP contribution in [0.25, 0.3) is 0 Å². The molecule has 1 saturated heterocycles. The molecule has 1 aliphatic heterocycles. The minimum absolute atomic E-state index is 0.209. The van der Waals surface area contributed by atoms with Gasteiger partial charge < -0.3 is 4.74 Å². The minimum atomic E-state index is -0.247. The minimum Gasteiger partial charge on any atom is -0.378 e. The number of hydrogen-bond donors (Lipinski definition) is 0. The number of carbonyl (C=O) groups is 1. The van der Waals surface area contributed by atoms with Gasteiger partial charge in [-0.05, 0) is 49.4 Å². The molecule has 1 aliphatic rings. The summed E-state index contributed by atoms with van der Waals surface area (Å²) < 4.78 is 18.4. The van der Waals surface area contributed by atoms with Crippen molar-refractivity contribution in [1.82, 2.24) is 0 Å². The lowest BCUT2D eigenvalue weighted by Gasteiger charge is -2.09. The summed E-state index contributed by atoms with van der Waals surface area (Å²) in [6, 6.07) is 4.59. The molecule has 0 saturated carbocycles. The fourth-order valence-electron chi connectivity index (χ4n) is 2.35. The number of ether oxygens (including phenoxy) is 1. The van der Waals surface area contributed by atoms with Gasteiger partial charge in [0.25, 0.3) is 0 Å². The summed E-state index contributed by atoms with van der Waals surface area (Å²) in [7, 11) is 0. The van der Waals surface area contributed by atoms with Crippen molar-refractivity contribution >= 4 is 5.78 Å². The number of ketones is 1. The van der Waals surface area contributed by atoms with Gasteiger partial charge in [-0.2, -0.15) is 0 Å². The van der Waals surface area contributed by atoms with Crippen molar-refractivity contribution in [3.63, 3.8) is 0 Å². The van der Waals surface area contributed by atoms with Gasteiger partial charge in [0, 0.05) is 19.4 Å². The fourth-order valence-corrected chi connectivity index (χ4v) is 2.35. The summed E-state index contributed by atoms with van der Waals surface area (Å²) in [6.07, 6.45) is 4.22. The Balaban J connectivity index is 1.82. The van der Waals surface area contributed by atoms with E-state index < -0.39 is 0 Å².